The molecule has 4 heteroatoms. The van der Waals surface area contributed by atoms with Gasteiger partial charge in [-0.1, -0.05) is 13.3 Å². The zero-order valence-electron chi connectivity index (χ0n) is 12.4. The molecule has 0 aromatic rings. The molecule has 2 saturated heterocycles. The van der Waals surface area contributed by atoms with Gasteiger partial charge in [-0.25, -0.2) is 0 Å². The first-order valence-electron chi connectivity index (χ1n) is 8.03. The van der Waals surface area contributed by atoms with Crippen molar-refractivity contribution in [2.75, 3.05) is 39.3 Å². The maximum absolute atomic E-state index is 12.2. The minimum Gasteiger partial charge on any atom is -0.340 e. The Morgan fingerprint density at radius 3 is 2.63 bits per heavy atom. The summed E-state index contributed by atoms with van der Waals surface area (Å²) in [6, 6.07) is 0.582. The second kappa shape index (κ2) is 7.85. The SMILES string of the molecule is CCCN1CCN(C(=O)CCC2CCCCN2)CC1. The second-order valence-corrected chi connectivity index (χ2v) is 5.91. The molecule has 2 heterocycles. The number of nitrogens with one attached hydrogen (secondary N) is 1. The first-order chi connectivity index (χ1) is 9.29. The van der Waals surface area contributed by atoms with Gasteiger partial charge in [0.05, 0.1) is 0 Å². The largest absolute Gasteiger partial charge is 0.340 e. The van der Waals surface area contributed by atoms with Crippen LogP contribution in [0.5, 0.6) is 0 Å². The maximum Gasteiger partial charge on any atom is 0.222 e. The lowest BCUT2D eigenvalue weighted by Crippen LogP contribution is -2.49. The van der Waals surface area contributed by atoms with Crippen LogP contribution in [-0.4, -0.2) is 61.0 Å². The van der Waals surface area contributed by atoms with Crippen LogP contribution in [-0.2, 0) is 4.79 Å². The minimum atomic E-state index is 0.364. The summed E-state index contributed by atoms with van der Waals surface area (Å²) in [6.45, 7) is 8.49. The van der Waals surface area contributed by atoms with Crippen LogP contribution in [0.3, 0.4) is 0 Å². The molecule has 0 aliphatic carbocycles. The molecule has 0 spiro atoms. The Bertz CT molecular complexity index is 269. The van der Waals surface area contributed by atoms with Crippen molar-refractivity contribution in [2.24, 2.45) is 0 Å². The fraction of sp³-hybridized carbons (Fsp3) is 0.933. The van der Waals surface area contributed by atoms with Crippen LogP contribution in [0, 0.1) is 0 Å². The van der Waals surface area contributed by atoms with Gasteiger partial charge in [-0.05, 0) is 38.8 Å². The van der Waals surface area contributed by atoms with Gasteiger partial charge in [0.25, 0.3) is 0 Å². The molecule has 1 N–H and O–H groups in total. The van der Waals surface area contributed by atoms with E-state index in [1.807, 2.05) is 0 Å². The van der Waals surface area contributed by atoms with Crippen LogP contribution in [0.1, 0.15) is 45.4 Å². The molecule has 19 heavy (non-hydrogen) atoms. The molecule has 2 fully saturated rings. The third-order valence-electron chi connectivity index (χ3n) is 4.38. The van der Waals surface area contributed by atoms with Gasteiger partial charge in [0.1, 0.15) is 0 Å². The third-order valence-corrected chi connectivity index (χ3v) is 4.38. The van der Waals surface area contributed by atoms with Crippen molar-refractivity contribution in [2.45, 2.75) is 51.5 Å². The minimum absolute atomic E-state index is 0.364. The van der Waals surface area contributed by atoms with E-state index < -0.39 is 0 Å². The zero-order chi connectivity index (χ0) is 13.5. The summed E-state index contributed by atoms with van der Waals surface area (Å²) < 4.78 is 0. The summed E-state index contributed by atoms with van der Waals surface area (Å²) in [5, 5.41) is 3.52. The number of piperidine rings is 1. The van der Waals surface area contributed by atoms with Crippen molar-refractivity contribution in [3.8, 4) is 0 Å². The average molecular weight is 267 g/mol. The fourth-order valence-corrected chi connectivity index (χ4v) is 3.16. The number of rotatable bonds is 5. The van der Waals surface area contributed by atoms with Crippen LogP contribution < -0.4 is 5.32 Å². The molecule has 0 aromatic carbocycles. The van der Waals surface area contributed by atoms with E-state index in [2.05, 4.69) is 22.0 Å². The molecule has 0 aromatic heterocycles. The van der Waals surface area contributed by atoms with Gasteiger partial charge in [0.2, 0.25) is 5.91 Å². The second-order valence-electron chi connectivity index (χ2n) is 5.91. The molecule has 2 aliphatic heterocycles. The van der Waals surface area contributed by atoms with E-state index in [1.54, 1.807) is 0 Å². The lowest BCUT2D eigenvalue weighted by molar-refractivity contribution is -0.133. The summed E-state index contributed by atoms with van der Waals surface area (Å²) in [6.07, 6.45) is 6.82. The Labute approximate surface area is 117 Å². The van der Waals surface area contributed by atoms with Gasteiger partial charge >= 0.3 is 0 Å². The van der Waals surface area contributed by atoms with Gasteiger partial charge in [-0.2, -0.15) is 0 Å². The number of hydrogen-bond donors (Lipinski definition) is 1. The van der Waals surface area contributed by atoms with Gasteiger partial charge in [0.15, 0.2) is 0 Å². The lowest BCUT2D eigenvalue weighted by atomic mass is 10.0. The van der Waals surface area contributed by atoms with Crippen LogP contribution in [0.15, 0.2) is 0 Å². The fourth-order valence-electron chi connectivity index (χ4n) is 3.16. The molecular weight excluding hydrogens is 238 g/mol. The quantitative estimate of drug-likeness (QED) is 0.819. The van der Waals surface area contributed by atoms with E-state index in [0.717, 1.165) is 45.6 Å². The predicted octanol–water partition coefficient (Wildman–Crippen LogP) is 1.46. The number of carbonyl (C=O) groups excluding carboxylic acids is 1. The number of nitrogens with zero attached hydrogens (tertiary/aromatic N) is 2. The van der Waals surface area contributed by atoms with Gasteiger partial charge in [-0.3, -0.25) is 9.69 Å². The summed E-state index contributed by atoms with van der Waals surface area (Å²) in [5.41, 5.74) is 0. The molecule has 0 radical (unpaired) electrons. The van der Waals surface area contributed by atoms with E-state index in [9.17, 15) is 4.79 Å². The van der Waals surface area contributed by atoms with Crippen molar-refractivity contribution in [1.29, 1.82) is 0 Å². The van der Waals surface area contributed by atoms with Crippen molar-refractivity contribution in [3.05, 3.63) is 0 Å². The highest BCUT2D eigenvalue weighted by molar-refractivity contribution is 5.76. The lowest BCUT2D eigenvalue weighted by Gasteiger charge is -2.35. The van der Waals surface area contributed by atoms with Crippen LogP contribution >= 0.6 is 0 Å². The van der Waals surface area contributed by atoms with E-state index in [0.29, 0.717) is 11.9 Å². The van der Waals surface area contributed by atoms with Crippen LogP contribution in [0.25, 0.3) is 0 Å². The molecular formula is C15H29N3O. The number of carbonyl (C=O) groups is 1. The highest BCUT2D eigenvalue weighted by Gasteiger charge is 2.21. The number of hydrogen-bond acceptors (Lipinski definition) is 3. The Morgan fingerprint density at radius 1 is 1.21 bits per heavy atom. The normalized spacial score (nSPS) is 25.5. The zero-order valence-corrected chi connectivity index (χ0v) is 12.4. The highest BCUT2D eigenvalue weighted by atomic mass is 16.2. The predicted molar refractivity (Wildman–Crippen MR) is 78.2 cm³/mol. The third kappa shape index (κ3) is 4.77. The first kappa shape index (κ1) is 14.8. The summed E-state index contributed by atoms with van der Waals surface area (Å²) in [4.78, 5) is 16.7. The smallest absolute Gasteiger partial charge is 0.222 e. The Balaban J connectivity index is 1.63. The van der Waals surface area contributed by atoms with E-state index in [1.165, 1.54) is 32.2 Å². The highest BCUT2D eigenvalue weighted by Crippen LogP contribution is 2.13. The molecule has 1 amide bonds. The van der Waals surface area contributed by atoms with Crippen molar-refractivity contribution < 1.29 is 4.79 Å². The Hall–Kier alpha value is -0.610. The molecule has 1 atom stereocenters. The first-order valence-corrected chi connectivity index (χ1v) is 8.03. The summed E-state index contributed by atoms with van der Waals surface area (Å²) in [7, 11) is 0. The average Bonchev–Trinajstić information content (AvgIpc) is 2.47. The van der Waals surface area contributed by atoms with Crippen molar-refractivity contribution in [3.63, 3.8) is 0 Å². The molecule has 0 bridgehead atoms. The van der Waals surface area contributed by atoms with E-state index in [-0.39, 0.29) is 0 Å². The van der Waals surface area contributed by atoms with Gasteiger partial charge in [0, 0.05) is 38.6 Å². The van der Waals surface area contributed by atoms with Crippen molar-refractivity contribution in [1.82, 2.24) is 15.1 Å². The molecule has 110 valence electrons. The van der Waals surface area contributed by atoms with Gasteiger partial charge in [-0.15, -0.1) is 0 Å². The molecule has 2 rings (SSSR count). The summed E-state index contributed by atoms with van der Waals surface area (Å²) in [5.74, 6) is 0.364. The van der Waals surface area contributed by atoms with E-state index in [4.69, 9.17) is 0 Å². The molecule has 4 nitrogen and oxygen atoms in total. The number of amides is 1. The standard InChI is InChI=1S/C15H29N3O/c1-2-9-17-10-12-18(13-11-17)15(19)7-6-14-5-3-4-8-16-14/h14,16H,2-13H2,1H3. The topological polar surface area (TPSA) is 35.6 Å². The summed E-state index contributed by atoms with van der Waals surface area (Å²) >= 11 is 0. The Morgan fingerprint density at radius 2 is 2.00 bits per heavy atom. The Kier molecular flexibility index (Phi) is 6.11. The van der Waals surface area contributed by atoms with Crippen LogP contribution in [0.4, 0.5) is 0 Å². The van der Waals surface area contributed by atoms with Crippen molar-refractivity contribution >= 4 is 5.91 Å². The molecule has 0 saturated carbocycles. The number of piperazine rings is 1. The monoisotopic (exact) mass is 267 g/mol. The molecule has 1 unspecified atom stereocenters. The maximum atomic E-state index is 12.2. The molecule has 2 aliphatic rings. The van der Waals surface area contributed by atoms with Gasteiger partial charge < -0.3 is 10.2 Å². The van der Waals surface area contributed by atoms with E-state index >= 15 is 0 Å². The van der Waals surface area contributed by atoms with Crippen LogP contribution in [0.2, 0.25) is 0 Å².